The monoisotopic (exact) mass is 449 g/mol. The Hall–Kier alpha value is -2.93. The highest BCUT2D eigenvalue weighted by Crippen LogP contribution is 2.23. The number of nitrogens with one attached hydrogen (secondary N) is 2. The molecule has 33 heavy (non-hydrogen) atoms. The van der Waals surface area contributed by atoms with Crippen molar-refractivity contribution in [3.8, 4) is 0 Å². The number of aromatic nitrogens is 1. The highest BCUT2D eigenvalue weighted by molar-refractivity contribution is 5.79. The standard InChI is InChI=1S/C26H35N5O2/c32-25(23-9-16-30(17-10-23)20-22-6-13-27-14-7-22)31-18-11-24(12-19-31)29-26(33)28-15-8-21-4-2-1-3-5-21/h1-7,13-14,23-24H,8-12,15-20H2,(H2,28,29,33). The summed E-state index contributed by atoms with van der Waals surface area (Å²) < 4.78 is 0. The molecule has 0 saturated carbocycles. The zero-order valence-electron chi connectivity index (χ0n) is 19.3. The number of carbonyl (C=O) groups excluding carboxylic acids is 2. The van der Waals surface area contributed by atoms with Gasteiger partial charge in [-0.15, -0.1) is 0 Å². The van der Waals surface area contributed by atoms with Crippen LogP contribution < -0.4 is 10.6 Å². The third kappa shape index (κ3) is 7.02. The average molecular weight is 450 g/mol. The summed E-state index contributed by atoms with van der Waals surface area (Å²) in [5.41, 5.74) is 2.49. The molecule has 1 aromatic heterocycles. The van der Waals surface area contributed by atoms with E-state index in [-0.39, 0.29) is 18.0 Å². The number of hydrogen-bond acceptors (Lipinski definition) is 4. The second kappa shape index (κ2) is 11.8. The number of piperidine rings is 2. The van der Waals surface area contributed by atoms with Crippen LogP contribution in [0, 0.1) is 5.92 Å². The van der Waals surface area contributed by atoms with Gasteiger partial charge in [-0.2, -0.15) is 0 Å². The number of nitrogens with zero attached hydrogens (tertiary/aromatic N) is 3. The molecule has 2 aliphatic heterocycles. The van der Waals surface area contributed by atoms with Crippen molar-refractivity contribution in [3.05, 3.63) is 66.0 Å². The minimum atomic E-state index is -0.114. The van der Waals surface area contributed by atoms with Gasteiger partial charge in [0.15, 0.2) is 0 Å². The van der Waals surface area contributed by atoms with Gasteiger partial charge < -0.3 is 15.5 Å². The maximum Gasteiger partial charge on any atom is 0.315 e. The molecule has 4 rings (SSSR count). The van der Waals surface area contributed by atoms with Crippen molar-refractivity contribution < 1.29 is 9.59 Å². The maximum absolute atomic E-state index is 13.0. The Morgan fingerprint density at radius 1 is 0.879 bits per heavy atom. The van der Waals surface area contributed by atoms with Crippen LogP contribution >= 0.6 is 0 Å². The largest absolute Gasteiger partial charge is 0.342 e. The molecule has 0 aliphatic carbocycles. The molecule has 0 spiro atoms. The molecule has 3 heterocycles. The van der Waals surface area contributed by atoms with Crippen LogP contribution in [0.1, 0.15) is 36.8 Å². The van der Waals surface area contributed by atoms with E-state index in [1.54, 1.807) is 0 Å². The summed E-state index contributed by atoms with van der Waals surface area (Å²) in [6, 6.07) is 14.3. The van der Waals surface area contributed by atoms with E-state index < -0.39 is 0 Å². The number of hydrogen-bond donors (Lipinski definition) is 2. The highest BCUT2D eigenvalue weighted by atomic mass is 16.2. The first-order chi connectivity index (χ1) is 16.2. The van der Waals surface area contributed by atoms with E-state index in [0.717, 1.165) is 64.8 Å². The Morgan fingerprint density at radius 3 is 2.27 bits per heavy atom. The van der Waals surface area contributed by atoms with Gasteiger partial charge in [-0.3, -0.25) is 14.7 Å². The van der Waals surface area contributed by atoms with E-state index in [1.807, 2.05) is 35.5 Å². The van der Waals surface area contributed by atoms with E-state index in [9.17, 15) is 9.59 Å². The molecule has 2 aromatic rings. The third-order valence-electron chi connectivity index (χ3n) is 6.78. The Labute approximate surface area is 196 Å². The first kappa shape index (κ1) is 23.2. The molecule has 0 atom stereocenters. The zero-order chi connectivity index (χ0) is 22.9. The molecule has 2 saturated heterocycles. The van der Waals surface area contributed by atoms with Crippen molar-refractivity contribution in [2.45, 2.75) is 44.7 Å². The maximum atomic E-state index is 13.0. The van der Waals surface area contributed by atoms with Crippen molar-refractivity contribution in [1.29, 1.82) is 0 Å². The Bertz CT molecular complexity index is 876. The number of carbonyl (C=O) groups is 2. The molecule has 7 heteroatoms. The van der Waals surface area contributed by atoms with Crippen molar-refractivity contribution in [2.75, 3.05) is 32.7 Å². The van der Waals surface area contributed by atoms with Crippen LogP contribution in [0.25, 0.3) is 0 Å². The summed E-state index contributed by atoms with van der Waals surface area (Å²) in [5, 5.41) is 6.02. The van der Waals surface area contributed by atoms with Gasteiger partial charge in [-0.25, -0.2) is 4.79 Å². The fraction of sp³-hybridized carbons (Fsp3) is 0.500. The van der Waals surface area contributed by atoms with E-state index in [0.29, 0.717) is 12.5 Å². The molecule has 2 N–H and O–H groups in total. The molecule has 3 amide bonds. The van der Waals surface area contributed by atoms with Gasteiger partial charge in [-0.1, -0.05) is 30.3 Å². The zero-order valence-corrected chi connectivity index (χ0v) is 19.3. The molecule has 0 radical (unpaired) electrons. The molecule has 0 unspecified atom stereocenters. The summed E-state index contributed by atoms with van der Waals surface area (Å²) >= 11 is 0. The molecular weight excluding hydrogens is 414 g/mol. The first-order valence-electron chi connectivity index (χ1n) is 12.2. The van der Waals surface area contributed by atoms with E-state index in [4.69, 9.17) is 0 Å². The van der Waals surface area contributed by atoms with E-state index in [1.165, 1.54) is 11.1 Å². The van der Waals surface area contributed by atoms with Crippen LogP contribution in [0.3, 0.4) is 0 Å². The first-order valence-corrected chi connectivity index (χ1v) is 12.2. The minimum Gasteiger partial charge on any atom is -0.342 e. The quantitative estimate of drug-likeness (QED) is 0.682. The summed E-state index contributed by atoms with van der Waals surface area (Å²) in [5.74, 6) is 0.425. The second-order valence-electron chi connectivity index (χ2n) is 9.14. The lowest BCUT2D eigenvalue weighted by Crippen LogP contribution is -2.51. The summed E-state index contributed by atoms with van der Waals surface area (Å²) in [7, 11) is 0. The molecule has 1 aromatic carbocycles. The summed E-state index contributed by atoms with van der Waals surface area (Å²) in [6.45, 7) is 4.91. The van der Waals surface area contributed by atoms with Gasteiger partial charge in [0.1, 0.15) is 0 Å². The van der Waals surface area contributed by atoms with Crippen LogP contribution in [-0.2, 0) is 17.8 Å². The lowest BCUT2D eigenvalue weighted by Gasteiger charge is -2.37. The van der Waals surface area contributed by atoms with Gasteiger partial charge in [0, 0.05) is 50.5 Å². The predicted molar refractivity (Wildman–Crippen MR) is 129 cm³/mol. The van der Waals surface area contributed by atoms with Crippen molar-refractivity contribution in [2.24, 2.45) is 5.92 Å². The molecule has 7 nitrogen and oxygen atoms in total. The van der Waals surface area contributed by atoms with Crippen LogP contribution in [-0.4, -0.2) is 65.5 Å². The van der Waals surface area contributed by atoms with Crippen LogP contribution in [0.15, 0.2) is 54.9 Å². The Morgan fingerprint density at radius 2 is 1.58 bits per heavy atom. The number of pyridine rings is 1. The molecule has 2 aliphatic rings. The SMILES string of the molecule is O=C(NCCc1ccccc1)NC1CCN(C(=O)C2CCN(Cc3ccncc3)CC2)CC1. The molecule has 0 bridgehead atoms. The molecule has 2 fully saturated rings. The van der Waals surface area contributed by atoms with Crippen molar-refractivity contribution >= 4 is 11.9 Å². The lowest BCUT2D eigenvalue weighted by molar-refractivity contribution is -0.138. The van der Waals surface area contributed by atoms with Gasteiger partial charge in [0.25, 0.3) is 0 Å². The van der Waals surface area contributed by atoms with Gasteiger partial charge in [0.05, 0.1) is 0 Å². The van der Waals surface area contributed by atoms with Crippen LogP contribution in [0.2, 0.25) is 0 Å². The molecular formula is C26H35N5O2. The topological polar surface area (TPSA) is 77.6 Å². The number of urea groups is 1. The van der Waals surface area contributed by atoms with Crippen LogP contribution in [0.4, 0.5) is 4.79 Å². The van der Waals surface area contributed by atoms with Gasteiger partial charge in [-0.05, 0) is 68.5 Å². The average Bonchev–Trinajstić information content (AvgIpc) is 2.86. The van der Waals surface area contributed by atoms with Crippen LogP contribution in [0.5, 0.6) is 0 Å². The normalized spacial score (nSPS) is 18.1. The van der Waals surface area contributed by atoms with Gasteiger partial charge in [0.2, 0.25) is 5.91 Å². The van der Waals surface area contributed by atoms with Crippen molar-refractivity contribution in [1.82, 2.24) is 25.4 Å². The van der Waals surface area contributed by atoms with Gasteiger partial charge >= 0.3 is 6.03 Å². The number of rotatable bonds is 7. The molecule has 176 valence electrons. The second-order valence-corrected chi connectivity index (χ2v) is 9.14. The van der Waals surface area contributed by atoms with E-state index >= 15 is 0 Å². The summed E-state index contributed by atoms with van der Waals surface area (Å²) in [4.78, 5) is 33.7. The van der Waals surface area contributed by atoms with E-state index in [2.05, 4.69) is 44.8 Å². The minimum absolute atomic E-state index is 0.114. The van der Waals surface area contributed by atoms with Crippen molar-refractivity contribution in [3.63, 3.8) is 0 Å². The number of likely N-dealkylation sites (tertiary alicyclic amines) is 2. The fourth-order valence-corrected chi connectivity index (χ4v) is 4.79. The highest BCUT2D eigenvalue weighted by Gasteiger charge is 2.31. The predicted octanol–water partition coefficient (Wildman–Crippen LogP) is 2.83. The Balaban J connectivity index is 1.12. The number of amides is 3. The number of benzene rings is 1. The fourth-order valence-electron chi connectivity index (χ4n) is 4.79. The summed E-state index contributed by atoms with van der Waals surface area (Å²) in [6.07, 6.45) is 7.97. The smallest absolute Gasteiger partial charge is 0.315 e. The Kier molecular flexibility index (Phi) is 8.30. The lowest BCUT2D eigenvalue weighted by atomic mass is 9.93. The third-order valence-corrected chi connectivity index (χ3v) is 6.78.